The lowest BCUT2D eigenvalue weighted by molar-refractivity contribution is -0.114. The van der Waals surface area contributed by atoms with Crippen LogP contribution in [-0.4, -0.2) is 16.8 Å². The van der Waals surface area contributed by atoms with Gasteiger partial charge in [-0.05, 0) is 48.5 Å². The van der Waals surface area contributed by atoms with Crippen molar-refractivity contribution in [2.24, 2.45) is 0 Å². The lowest BCUT2D eigenvalue weighted by Crippen LogP contribution is -2.13. The van der Waals surface area contributed by atoms with Crippen molar-refractivity contribution in [2.75, 3.05) is 10.6 Å². The number of nitrogens with one attached hydrogen (secondary N) is 2. The first-order chi connectivity index (χ1) is 15.0. The molecular weight excluding hydrogens is 458 g/mol. The van der Waals surface area contributed by atoms with E-state index in [9.17, 15) is 9.59 Å². The summed E-state index contributed by atoms with van der Waals surface area (Å²) >= 11 is 3.42. The normalized spacial score (nSPS) is 10.5. The molecule has 0 bridgehead atoms. The third kappa shape index (κ3) is 4.90. The predicted molar refractivity (Wildman–Crippen MR) is 124 cm³/mol. The van der Waals surface area contributed by atoms with Gasteiger partial charge >= 0.3 is 0 Å². The molecule has 0 aliphatic rings. The summed E-state index contributed by atoms with van der Waals surface area (Å²) in [6.07, 6.45) is 1.65. The SMILES string of the molecule is CC(=O)Nc1ccc(NC(=O)c2ccccc2-c2ncc(-c3ccc(Br)cc3)o2)cc1. The van der Waals surface area contributed by atoms with Crippen LogP contribution in [0.1, 0.15) is 17.3 Å². The predicted octanol–water partition coefficient (Wildman–Crippen LogP) is 5.98. The zero-order valence-corrected chi connectivity index (χ0v) is 18.1. The molecule has 0 atom stereocenters. The summed E-state index contributed by atoms with van der Waals surface area (Å²) < 4.78 is 6.92. The molecule has 1 heterocycles. The molecule has 31 heavy (non-hydrogen) atoms. The second kappa shape index (κ2) is 8.97. The van der Waals surface area contributed by atoms with Crippen LogP contribution in [0.2, 0.25) is 0 Å². The maximum atomic E-state index is 12.9. The molecule has 4 aromatic rings. The van der Waals surface area contributed by atoms with Crippen LogP contribution in [0.4, 0.5) is 11.4 Å². The van der Waals surface area contributed by atoms with Crippen molar-refractivity contribution in [3.63, 3.8) is 0 Å². The molecule has 154 valence electrons. The van der Waals surface area contributed by atoms with Gasteiger partial charge in [-0.3, -0.25) is 9.59 Å². The summed E-state index contributed by atoms with van der Waals surface area (Å²) in [5.74, 6) is 0.543. The Labute approximate surface area is 187 Å². The van der Waals surface area contributed by atoms with Gasteiger partial charge in [-0.25, -0.2) is 4.98 Å². The number of carbonyl (C=O) groups is 2. The van der Waals surface area contributed by atoms with E-state index in [1.54, 1.807) is 48.7 Å². The number of nitrogens with zero attached hydrogens (tertiary/aromatic N) is 1. The number of benzene rings is 3. The van der Waals surface area contributed by atoms with Gasteiger partial charge in [0.15, 0.2) is 5.76 Å². The van der Waals surface area contributed by atoms with Gasteiger partial charge in [0.1, 0.15) is 0 Å². The van der Waals surface area contributed by atoms with Crippen LogP contribution in [0.3, 0.4) is 0 Å². The molecule has 0 unspecified atom stereocenters. The molecule has 0 saturated heterocycles. The highest BCUT2D eigenvalue weighted by molar-refractivity contribution is 9.10. The van der Waals surface area contributed by atoms with E-state index >= 15 is 0 Å². The molecule has 2 N–H and O–H groups in total. The molecule has 0 saturated carbocycles. The second-order valence-corrected chi connectivity index (χ2v) is 7.71. The Kier molecular flexibility index (Phi) is 5.95. The van der Waals surface area contributed by atoms with E-state index in [2.05, 4.69) is 31.5 Å². The first kappa shape index (κ1) is 20.6. The van der Waals surface area contributed by atoms with Gasteiger partial charge in [0, 0.05) is 33.9 Å². The molecule has 1 aromatic heterocycles. The topological polar surface area (TPSA) is 84.2 Å². The fraction of sp³-hybridized carbons (Fsp3) is 0.0417. The van der Waals surface area contributed by atoms with Crippen molar-refractivity contribution in [3.8, 4) is 22.8 Å². The van der Waals surface area contributed by atoms with Gasteiger partial charge in [0.05, 0.1) is 11.8 Å². The van der Waals surface area contributed by atoms with E-state index in [0.717, 1.165) is 10.0 Å². The Balaban J connectivity index is 1.56. The number of anilines is 2. The highest BCUT2D eigenvalue weighted by Gasteiger charge is 2.17. The van der Waals surface area contributed by atoms with Gasteiger partial charge in [-0.2, -0.15) is 0 Å². The van der Waals surface area contributed by atoms with Crippen molar-refractivity contribution in [3.05, 3.63) is 89.0 Å². The minimum atomic E-state index is -0.286. The summed E-state index contributed by atoms with van der Waals surface area (Å²) in [4.78, 5) is 28.4. The van der Waals surface area contributed by atoms with Crippen LogP contribution >= 0.6 is 15.9 Å². The Morgan fingerprint density at radius 1 is 0.871 bits per heavy atom. The highest BCUT2D eigenvalue weighted by atomic mass is 79.9. The average molecular weight is 476 g/mol. The van der Waals surface area contributed by atoms with Crippen LogP contribution in [-0.2, 0) is 4.79 Å². The fourth-order valence-corrected chi connectivity index (χ4v) is 3.32. The molecule has 7 heteroatoms. The van der Waals surface area contributed by atoms with E-state index in [-0.39, 0.29) is 11.8 Å². The van der Waals surface area contributed by atoms with Gasteiger partial charge < -0.3 is 15.1 Å². The standard InChI is InChI=1S/C24H18BrN3O3/c1-15(29)27-18-10-12-19(13-11-18)28-23(30)20-4-2-3-5-21(20)24-26-14-22(31-24)16-6-8-17(25)9-7-16/h2-14H,1H3,(H,27,29)(H,28,30). The molecule has 3 aromatic carbocycles. The van der Waals surface area contributed by atoms with Crippen LogP contribution in [0, 0.1) is 0 Å². The minimum absolute atomic E-state index is 0.154. The largest absolute Gasteiger partial charge is 0.436 e. The number of oxazole rings is 1. The highest BCUT2D eigenvalue weighted by Crippen LogP contribution is 2.29. The van der Waals surface area contributed by atoms with Crippen LogP contribution < -0.4 is 10.6 Å². The van der Waals surface area contributed by atoms with E-state index in [4.69, 9.17) is 4.42 Å². The molecule has 6 nitrogen and oxygen atoms in total. The Morgan fingerprint density at radius 3 is 2.19 bits per heavy atom. The van der Waals surface area contributed by atoms with Gasteiger partial charge in [0.25, 0.3) is 5.91 Å². The van der Waals surface area contributed by atoms with Crippen molar-refractivity contribution >= 4 is 39.1 Å². The number of hydrogen-bond acceptors (Lipinski definition) is 4. The van der Waals surface area contributed by atoms with E-state index in [1.165, 1.54) is 6.92 Å². The number of halogens is 1. The summed E-state index contributed by atoms with van der Waals surface area (Å²) in [7, 11) is 0. The van der Waals surface area contributed by atoms with Gasteiger partial charge in [-0.15, -0.1) is 0 Å². The van der Waals surface area contributed by atoms with Crippen LogP contribution in [0.25, 0.3) is 22.8 Å². The number of carbonyl (C=O) groups excluding carboxylic acids is 2. The van der Waals surface area contributed by atoms with Crippen molar-refractivity contribution in [2.45, 2.75) is 6.92 Å². The number of amides is 2. The Hall–Kier alpha value is -3.71. The quantitative estimate of drug-likeness (QED) is 0.371. The molecule has 0 spiro atoms. The summed E-state index contributed by atoms with van der Waals surface area (Å²) in [5.41, 5.74) is 3.20. The third-order valence-corrected chi connectivity index (χ3v) is 5.03. The lowest BCUT2D eigenvalue weighted by atomic mass is 10.1. The maximum absolute atomic E-state index is 12.9. The smallest absolute Gasteiger partial charge is 0.256 e. The van der Waals surface area contributed by atoms with Gasteiger partial charge in [-0.1, -0.05) is 40.2 Å². The number of hydrogen-bond donors (Lipinski definition) is 2. The summed E-state index contributed by atoms with van der Waals surface area (Å²) in [6, 6.07) is 21.7. The second-order valence-electron chi connectivity index (χ2n) is 6.79. The Morgan fingerprint density at radius 2 is 1.52 bits per heavy atom. The summed E-state index contributed by atoms with van der Waals surface area (Å²) in [5, 5.41) is 5.56. The van der Waals surface area contributed by atoms with Crippen molar-refractivity contribution in [1.82, 2.24) is 4.98 Å². The van der Waals surface area contributed by atoms with Crippen molar-refractivity contribution < 1.29 is 14.0 Å². The zero-order chi connectivity index (χ0) is 21.8. The average Bonchev–Trinajstić information content (AvgIpc) is 3.25. The van der Waals surface area contributed by atoms with Gasteiger partial charge in [0.2, 0.25) is 11.8 Å². The minimum Gasteiger partial charge on any atom is -0.436 e. The first-order valence-electron chi connectivity index (χ1n) is 9.50. The summed E-state index contributed by atoms with van der Waals surface area (Å²) in [6.45, 7) is 1.44. The van der Waals surface area contributed by atoms with E-state index in [1.807, 2.05) is 30.3 Å². The molecule has 0 radical (unpaired) electrons. The Bertz CT molecular complexity index is 1230. The molecule has 0 aliphatic carbocycles. The zero-order valence-electron chi connectivity index (χ0n) is 16.6. The third-order valence-electron chi connectivity index (χ3n) is 4.50. The first-order valence-corrected chi connectivity index (χ1v) is 10.3. The number of aromatic nitrogens is 1. The monoisotopic (exact) mass is 475 g/mol. The maximum Gasteiger partial charge on any atom is 0.256 e. The fourth-order valence-electron chi connectivity index (χ4n) is 3.05. The van der Waals surface area contributed by atoms with Crippen molar-refractivity contribution in [1.29, 1.82) is 0 Å². The molecule has 4 rings (SSSR count). The lowest BCUT2D eigenvalue weighted by Gasteiger charge is -2.09. The molecule has 2 amide bonds. The van der Waals surface area contributed by atoms with E-state index in [0.29, 0.717) is 34.2 Å². The van der Waals surface area contributed by atoms with E-state index < -0.39 is 0 Å². The number of rotatable bonds is 5. The molecule has 0 aliphatic heterocycles. The van der Waals surface area contributed by atoms with Crippen LogP contribution in [0.15, 0.2) is 87.9 Å². The molecule has 0 fully saturated rings. The molecular formula is C24H18BrN3O3. The van der Waals surface area contributed by atoms with Crippen LogP contribution in [0.5, 0.6) is 0 Å².